The van der Waals surface area contributed by atoms with E-state index in [1.54, 1.807) is 20.5 Å². The first-order valence-electron chi connectivity index (χ1n) is 10.7. The number of nitrogens with zero attached hydrogens (tertiary/aromatic N) is 6. The van der Waals surface area contributed by atoms with Gasteiger partial charge in [-0.15, -0.1) is 0 Å². The van der Waals surface area contributed by atoms with Gasteiger partial charge in [0.05, 0.1) is 32.3 Å². The Morgan fingerprint density at radius 3 is 2.06 bits per heavy atom. The van der Waals surface area contributed by atoms with Crippen LogP contribution in [0.25, 0.3) is 11.0 Å². The van der Waals surface area contributed by atoms with Gasteiger partial charge >= 0.3 is 0 Å². The van der Waals surface area contributed by atoms with Crippen LogP contribution < -0.4 is 19.3 Å². The fourth-order valence-electron chi connectivity index (χ4n) is 4.12. The number of benzene rings is 2. The number of hydrogen-bond acceptors (Lipinski definition) is 7. The van der Waals surface area contributed by atoms with Crippen molar-refractivity contribution >= 4 is 22.5 Å². The van der Waals surface area contributed by atoms with Crippen molar-refractivity contribution in [2.24, 2.45) is 0 Å². The van der Waals surface area contributed by atoms with Crippen LogP contribution in [-0.4, -0.2) is 60.1 Å². The van der Waals surface area contributed by atoms with Crippen molar-refractivity contribution in [1.82, 2.24) is 19.7 Å². The Kier molecular flexibility index (Phi) is 5.49. The Labute approximate surface area is 187 Å². The maximum absolute atomic E-state index is 5.27. The van der Waals surface area contributed by atoms with Gasteiger partial charge in [-0.05, 0) is 42.0 Å². The Hall–Kier alpha value is -3.81. The number of ether oxygens (including phenoxy) is 2. The molecule has 164 valence electrons. The molecular formula is C24H26N6O2. The maximum atomic E-state index is 5.27. The van der Waals surface area contributed by atoms with Crippen molar-refractivity contribution < 1.29 is 9.47 Å². The lowest BCUT2D eigenvalue weighted by Crippen LogP contribution is -2.46. The van der Waals surface area contributed by atoms with Gasteiger partial charge in [-0.1, -0.05) is 12.1 Å². The number of fused-ring (bicyclic) bond motifs is 1. The summed E-state index contributed by atoms with van der Waals surface area (Å²) in [7, 11) is 3.36. The minimum absolute atomic E-state index is 0.648. The smallest absolute Gasteiger partial charge is 0.163 e. The minimum Gasteiger partial charge on any atom is -0.497 e. The second kappa shape index (κ2) is 8.74. The molecular weight excluding hydrogens is 404 g/mol. The van der Waals surface area contributed by atoms with Gasteiger partial charge in [-0.3, -0.25) is 0 Å². The van der Waals surface area contributed by atoms with Gasteiger partial charge in [-0.2, -0.15) is 5.10 Å². The summed E-state index contributed by atoms with van der Waals surface area (Å²) in [6.07, 6.45) is 3.52. The molecule has 0 bridgehead atoms. The summed E-state index contributed by atoms with van der Waals surface area (Å²) in [6, 6.07) is 16.3. The van der Waals surface area contributed by atoms with E-state index in [1.807, 2.05) is 47.3 Å². The molecule has 0 radical (unpaired) electrons. The normalized spacial score (nSPS) is 14.1. The second-order valence-corrected chi connectivity index (χ2v) is 7.76. The van der Waals surface area contributed by atoms with Crippen LogP contribution in [0.15, 0.2) is 61.1 Å². The topological polar surface area (TPSA) is 68.5 Å². The average molecular weight is 431 g/mol. The molecule has 5 rings (SSSR count). The van der Waals surface area contributed by atoms with E-state index in [2.05, 4.69) is 37.0 Å². The Morgan fingerprint density at radius 1 is 0.781 bits per heavy atom. The zero-order chi connectivity index (χ0) is 21.9. The van der Waals surface area contributed by atoms with Crippen molar-refractivity contribution in [3.8, 4) is 11.5 Å². The van der Waals surface area contributed by atoms with Gasteiger partial charge in [0, 0.05) is 31.9 Å². The molecule has 0 aliphatic carbocycles. The summed E-state index contributed by atoms with van der Waals surface area (Å²) >= 11 is 0. The van der Waals surface area contributed by atoms with Crippen LogP contribution in [0.5, 0.6) is 11.5 Å². The van der Waals surface area contributed by atoms with Crippen molar-refractivity contribution in [2.75, 3.05) is 50.2 Å². The zero-order valence-corrected chi connectivity index (χ0v) is 18.3. The van der Waals surface area contributed by atoms with E-state index >= 15 is 0 Å². The van der Waals surface area contributed by atoms with Crippen molar-refractivity contribution in [1.29, 1.82) is 0 Å². The third-order valence-corrected chi connectivity index (χ3v) is 5.92. The third-order valence-electron chi connectivity index (χ3n) is 5.92. The van der Waals surface area contributed by atoms with E-state index in [9.17, 15) is 0 Å². The fourth-order valence-corrected chi connectivity index (χ4v) is 4.12. The molecule has 4 aromatic rings. The van der Waals surface area contributed by atoms with Crippen LogP contribution in [0.3, 0.4) is 0 Å². The molecule has 8 heteroatoms. The van der Waals surface area contributed by atoms with Gasteiger partial charge < -0.3 is 19.3 Å². The first kappa shape index (κ1) is 20.1. The number of hydrogen-bond donors (Lipinski definition) is 0. The van der Waals surface area contributed by atoms with Crippen LogP contribution in [0, 0.1) is 0 Å². The molecule has 0 amide bonds. The molecule has 0 N–H and O–H groups in total. The Balaban J connectivity index is 1.31. The Bertz CT molecular complexity index is 1180. The Morgan fingerprint density at radius 2 is 1.41 bits per heavy atom. The van der Waals surface area contributed by atoms with Crippen molar-refractivity contribution in [2.45, 2.75) is 6.54 Å². The summed E-state index contributed by atoms with van der Waals surface area (Å²) in [5.74, 6) is 2.67. The SMILES string of the molecule is COc1ccc(Cn2ncc3c(N4CCN(c5ccc(OC)cc5)CC4)ncnc32)cc1. The lowest BCUT2D eigenvalue weighted by Gasteiger charge is -2.36. The predicted octanol–water partition coefficient (Wildman–Crippen LogP) is 3.22. The highest BCUT2D eigenvalue weighted by atomic mass is 16.5. The molecule has 1 fully saturated rings. The van der Waals surface area contributed by atoms with E-state index in [1.165, 1.54) is 5.69 Å². The summed E-state index contributed by atoms with van der Waals surface area (Å²) in [5.41, 5.74) is 3.21. The van der Waals surface area contributed by atoms with E-state index in [0.717, 1.165) is 60.1 Å². The fraction of sp³-hybridized carbons (Fsp3) is 0.292. The van der Waals surface area contributed by atoms with E-state index in [4.69, 9.17) is 9.47 Å². The number of anilines is 2. The molecule has 1 aliphatic rings. The summed E-state index contributed by atoms with van der Waals surface area (Å²) in [4.78, 5) is 13.8. The lowest BCUT2D eigenvalue weighted by molar-refractivity contribution is 0.414. The van der Waals surface area contributed by atoms with Crippen LogP contribution in [0.2, 0.25) is 0 Å². The van der Waals surface area contributed by atoms with Gasteiger partial charge in [0.2, 0.25) is 0 Å². The predicted molar refractivity (Wildman–Crippen MR) is 125 cm³/mol. The quantitative estimate of drug-likeness (QED) is 0.465. The third kappa shape index (κ3) is 3.91. The molecule has 0 atom stereocenters. The van der Waals surface area contributed by atoms with Gasteiger partial charge in [0.25, 0.3) is 0 Å². The van der Waals surface area contributed by atoms with Crippen molar-refractivity contribution in [3.05, 3.63) is 66.6 Å². The molecule has 0 unspecified atom stereocenters. The highest BCUT2D eigenvalue weighted by Gasteiger charge is 2.21. The number of rotatable bonds is 6. The molecule has 8 nitrogen and oxygen atoms in total. The largest absolute Gasteiger partial charge is 0.497 e. The first-order valence-corrected chi connectivity index (χ1v) is 10.7. The van der Waals surface area contributed by atoms with Crippen LogP contribution >= 0.6 is 0 Å². The minimum atomic E-state index is 0.648. The lowest BCUT2D eigenvalue weighted by atomic mass is 10.2. The van der Waals surface area contributed by atoms with E-state index < -0.39 is 0 Å². The summed E-state index contributed by atoms with van der Waals surface area (Å²) < 4.78 is 12.4. The maximum Gasteiger partial charge on any atom is 0.163 e. The molecule has 2 aromatic heterocycles. The molecule has 0 saturated carbocycles. The van der Waals surface area contributed by atoms with Gasteiger partial charge in [0.15, 0.2) is 5.65 Å². The average Bonchev–Trinajstić information content (AvgIpc) is 3.27. The molecule has 1 saturated heterocycles. The molecule has 0 spiro atoms. The number of aromatic nitrogens is 4. The first-order chi connectivity index (χ1) is 15.7. The highest BCUT2D eigenvalue weighted by molar-refractivity contribution is 5.86. The zero-order valence-electron chi connectivity index (χ0n) is 18.3. The summed E-state index contributed by atoms with van der Waals surface area (Å²) in [5, 5.41) is 5.59. The van der Waals surface area contributed by atoms with Gasteiger partial charge in [0.1, 0.15) is 23.6 Å². The molecule has 2 aromatic carbocycles. The molecule has 3 heterocycles. The van der Waals surface area contributed by atoms with E-state index in [0.29, 0.717) is 6.54 Å². The molecule has 1 aliphatic heterocycles. The van der Waals surface area contributed by atoms with Crippen LogP contribution in [0.4, 0.5) is 11.5 Å². The highest BCUT2D eigenvalue weighted by Crippen LogP contribution is 2.26. The van der Waals surface area contributed by atoms with Crippen LogP contribution in [-0.2, 0) is 6.54 Å². The number of methoxy groups -OCH3 is 2. The number of piperazine rings is 1. The summed E-state index contributed by atoms with van der Waals surface area (Å²) in [6.45, 7) is 4.29. The van der Waals surface area contributed by atoms with Gasteiger partial charge in [-0.25, -0.2) is 14.6 Å². The second-order valence-electron chi connectivity index (χ2n) is 7.76. The molecule has 32 heavy (non-hydrogen) atoms. The van der Waals surface area contributed by atoms with E-state index in [-0.39, 0.29) is 0 Å². The van der Waals surface area contributed by atoms with Crippen LogP contribution in [0.1, 0.15) is 5.56 Å². The monoisotopic (exact) mass is 430 g/mol. The standard InChI is InChI=1S/C24H26N6O2/c1-31-20-7-3-18(4-8-20)16-30-24-22(15-27-30)23(25-17-26-24)29-13-11-28(12-14-29)19-5-9-21(32-2)10-6-19/h3-10,15,17H,11-14,16H2,1-2H3. The van der Waals surface area contributed by atoms with Crippen molar-refractivity contribution in [3.63, 3.8) is 0 Å².